The highest BCUT2D eigenvalue weighted by Crippen LogP contribution is 2.34. The van der Waals surface area contributed by atoms with Crippen LogP contribution in [0.25, 0.3) is 0 Å². The van der Waals surface area contributed by atoms with Crippen LogP contribution in [0.1, 0.15) is 10.4 Å². The first-order valence-corrected chi connectivity index (χ1v) is 6.57. The SMILES string of the molecule is CN(C)c1nnc(Sc2cnccc2C(=O)O)s1. The monoisotopic (exact) mass is 282 g/mol. The van der Waals surface area contributed by atoms with Crippen molar-refractivity contribution < 1.29 is 9.90 Å². The van der Waals surface area contributed by atoms with Crippen LogP contribution in [0.5, 0.6) is 0 Å². The second kappa shape index (κ2) is 5.32. The van der Waals surface area contributed by atoms with Crippen molar-refractivity contribution in [1.29, 1.82) is 0 Å². The molecule has 0 aromatic carbocycles. The molecule has 2 rings (SSSR count). The molecule has 0 saturated heterocycles. The number of aromatic carboxylic acids is 1. The van der Waals surface area contributed by atoms with Gasteiger partial charge in [0.15, 0.2) is 4.34 Å². The maximum absolute atomic E-state index is 11.0. The summed E-state index contributed by atoms with van der Waals surface area (Å²) in [5, 5.41) is 17.8. The van der Waals surface area contributed by atoms with Crippen molar-refractivity contribution in [2.45, 2.75) is 9.24 Å². The lowest BCUT2D eigenvalue weighted by Crippen LogP contribution is -2.07. The van der Waals surface area contributed by atoms with Gasteiger partial charge >= 0.3 is 5.97 Å². The third kappa shape index (κ3) is 2.77. The molecule has 0 aliphatic carbocycles. The fourth-order valence-electron chi connectivity index (χ4n) is 1.16. The Labute approximate surface area is 112 Å². The molecule has 0 amide bonds. The van der Waals surface area contributed by atoms with Crippen molar-refractivity contribution in [2.24, 2.45) is 0 Å². The van der Waals surface area contributed by atoms with Gasteiger partial charge in [0.25, 0.3) is 0 Å². The van der Waals surface area contributed by atoms with Crippen LogP contribution in [0.15, 0.2) is 27.7 Å². The van der Waals surface area contributed by atoms with Crippen LogP contribution in [0.3, 0.4) is 0 Å². The number of carboxylic acids is 1. The number of anilines is 1. The smallest absolute Gasteiger partial charge is 0.336 e. The van der Waals surface area contributed by atoms with Crippen LogP contribution in [0, 0.1) is 0 Å². The molecule has 94 valence electrons. The molecule has 0 saturated carbocycles. The number of carbonyl (C=O) groups is 1. The van der Waals surface area contributed by atoms with Crippen LogP contribution in [0.4, 0.5) is 5.13 Å². The minimum atomic E-state index is -0.975. The third-order valence-electron chi connectivity index (χ3n) is 1.99. The van der Waals surface area contributed by atoms with Crippen LogP contribution >= 0.6 is 23.1 Å². The highest BCUT2D eigenvalue weighted by molar-refractivity contribution is 8.01. The number of nitrogens with zero attached hydrogens (tertiary/aromatic N) is 4. The molecule has 8 heteroatoms. The number of hydrogen-bond donors (Lipinski definition) is 1. The summed E-state index contributed by atoms with van der Waals surface area (Å²) in [7, 11) is 3.75. The Morgan fingerprint density at radius 1 is 1.44 bits per heavy atom. The zero-order valence-corrected chi connectivity index (χ0v) is 11.3. The van der Waals surface area contributed by atoms with E-state index in [-0.39, 0.29) is 5.56 Å². The van der Waals surface area contributed by atoms with E-state index >= 15 is 0 Å². The summed E-state index contributed by atoms with van der Waals surface area (Å²) in [5.41, 5.74) is 0.219. The Kier molecular flexibility index (Phi) is 3.78. The molecule has 2 heterocycles. The summed E-state index contributed by atoms with van der Waals surface area (Å²) in [6.07, 6.45) is 2.98. The summed E-state index contributed by atoms with van der Waals surface area (Å²) < 4.78 is 0.689. The van der Waals surface area contributed by atoms with Gasteiger partial charge in [0.05, 0.1) is 5.56 Å². The zero-order chi connectivity index (χ0) is 13.1. The van der Waals surface area contributed by atoms with Gasteiger partial charge in [-0.05, 0) is 6.07 Å². The molecule has 0 spiro atoms. The fourth-order valence-corrected chi connectivity index (χ4v) is 2.97. The van der Waals surface area contributed by atoms with E-state index in [1.807, 2.05) is 19.0 Å². The van der Waals surface area contributed by atoms with Gasteiger partial charge in [-0.1, -0.05) is 23.1 Å². The molecule has 0 aliphatic heterocycles. The molecule has 18 heavy (non-hydrogen) atoms. The standard InChI is InChI=1S/C10H10N4O2S2/c1-14(2)9-12-13-10(18-9)17-7-5-11-4-3-6(7)8(15)16/h3-5H,1-2H3,(H,15,16). The predicted molar refractivity (Wildman–Crippen MR) is 69.6 cm³/mol. The van der Waals surface area contributed by atoms with Gasteiger partial charge in [-0.15, -0.1) is 10.2 Å². The molecule has 0 bridgehead atoms. The Morgan fingerprint density at radius 3 is 2.83 bits per heavy atom. The van der Waals surface area contributed by atoms with Crippen molar-refractivity contribution in [3.63, 3.8) is 0 Å². The molecule has 6 nitrogen and oxygen atoms in total. The van der Waals surface area contributed by atoms with Gasteiger partial charge in [-0.25, -0.2) is 4.79 Å². The largest absolute Gasteiger partial charge is 0.478 e. The van der Waals surface area contributed by atoms with Crippen molar-refractivity contribution in [2.75, 3.05) is 19.0 Å². The Morgan fingerprint density at radius 2 is 2.22 bits per heavy atom. The summed E-state index contributed by atoms with van der Waals surface area (Å²) in [6.45, 7) is 0. The quantitative estimate of drug-likeness (QED) is 0.916. The number of carboxylic acid groups (broad SMARTS) is 1. The lowest BCUT2D eigenvalue weighted by atomic mass is 10.3. The van der Waals surface area contributed by atoms with Crippen LogP contribution < -0.4 is 4.90 Å². The van der Waals surface area contributed by atoms with Gasteiger partial charge in [0.2, 0.25) is 5.13 Å². The van der Waals surface area contributed by atoms with E-state index < -0.39 is 5.97 Å². The van der Waals surface area contributed by atoms with E-state index in [2.05, 4.69) is 15.2 Å². The second-order valence-electron chi connectivity index (χ2n) is 3.52. The molecule has 2 aromatic heterocycles. The first kappa shape index (κ1) is 12.8. The van der Waals surface area contributed by atoms with Gasteiger partial charge in [-0.2, -0.15) is 0 Å². The van der Waals surface area contributed by atoms with Gasteiger partial charge in [0.1, 0.15) is 0 Å². The zero-order valence-electron chi connectivity index (χ0n) is 9.69. The van der Waals surface area contributed by atoms with Crippen LogP contribution in [-0.2, 0) is 0 Å². The van der Waals surface area contributed by atoms with Crippen molar-refractivity contribution in [3.8, 4) is 0 Å². The number of hydrogen-bond acceptors (Lipinski definition) is 7. The molecular formula is C10H10N4O2S2. The van der Waals surface area contributed by atoms with Gasteiger partial charge in [-0.3, -0.25) is 4.98 Å². The Hall–Kier alpha value is -1.67. The van der Waals surface area contributed by atoms with E-state index in [0.29, 0.717) is 9.24 Å². The maximum Gasteiger partial charge on any atom is 0.336 e. The van der Waals surface area contributed by atoms with E-state index in [4.69, 9.17) is 5.11 Å². The second-order valence-corrected chi connectivity index (χ2v) is 5.77. The van der Waals surface area contributed by atoms with E-state index in [1.165, 1.54) is 41.6 Å². The number of rotatable bonds is 4. The van der Waals surface area contributed by atoms with Crippen molar-refractivity contribution in [3.05, 3.63) is 24.0 Å². The summed E-state index contributed by atoms with van der Waals surface area (Å²) in [5.74, 6) is -0.975. The molecule has 0 fully saturated rings. The summed E-state index contributed by atoms with van der Waals surface area (Å²) >= 11 is 2.66. The highest BCUT2D eigenvalue weighted by atomic mass is 32.2. The van der Waals surface area contributed by atoms with Gasteiger partial charge in [0, 0.05) is 31.4 Å². The van der Waals surface area contributed by atoms with E-state index in [0.717, 1.165) is 5.13 Å². The average Bonchev–Trinajstić information content (AvgIpc) is 2.78. The van der Waals surface area contributed by atoms with Gasteiger partial charge < -0.3 is 10.0 Å². The number of aromatic nitrogens is 3. The molecule has 0 atom stereocenters. The molecule has 2 aromatic rings. The molecule has 0 unspecified atom stereocenters. The highest BCUT2D eigenvalue weighted by Gasteiger charge is 2.14. The molecular weight excluding hydrogens is 272 g/mol. The Balaban J connectivity index is 2.25. The molecule has 1 N–H and O–H groups in total. The van der Waals surface area contributed by atoms with E-state index in [1.54, 1.807) is 0 Å². The minimum Gasteiger partial charge on any atom is -0.478 e. The topological polar surface area (TPSA) is 79.2 Å². The molecule has 0 aliphatic rings. The lowest BCUT2D eigenvalue weighted by Gasteiger charge is -2.04. The summed E-state index contributed by atoms with van der Waals surface area (Å²) in [6, 6.07) is 1.47. The van der Waals surface area contributed by atoms with Crippen LogP contribution in [0.2, 0.25) is 0 Å². The van der Waals surface area contributed by atoms with Crippen LogP contribution in [-0.4, -0.2) is 40.4 Å². The molecule has 0 radical (unpaired) electrons. The maximum atomic E-state index is 11.0. The average molecular weight is 282 g/mol. The third-order valence-corrected chi connectivity index (χ3v) is 4.18. The normalized spacial score (nSPS) is 10.3. The Bertz CT molecular complexity index is 571. The number of pyridine rings is 1. The predicted octanol–water partition coefficient (Wildman–Crippen LogP) is 1.85. The van der Waals surface area contributed by atoms with Crippen molar-refractivity contribution in [1.82, 2.24) is 15.2 Å². The first-order valence-electron chi connectivity index (χ1n) is 4.94. The van der Waals surface area contributed by atoms with Crippen molar-refractivity contribution >= 4 is 34.2 Å². The fraction of sp³-hybridized carbons (Fsp3) is 0.200. The van der Waals surface area contributed by atoms with E-state index in [9.17, 15) is 4.79 Å². The first-order chi connectivity index (χ1) is 8.58. The summed E-state index contributed by atoms with van der Waals surface area (Å²) in [4.78, 5) is 17.4. The minimum absolute atomic E-state index is 0.219. The lowest BCUT2D eigenvalue weighted by molar-refractivity contribution is 0.0693.